The predicted octanol–water partition coefficient (Wildman–Crippen LogP) is 4.28. The molecule has 3 nitrogen and oxygen atoms in total. The minimum atomic E-state index is -0.492. The maximum Gasteiger partial charge on any atom is 0.221 e. The SMILES string of the molecule is CC(C)(NC(=O)C[C@@H]1CCC[C@H]1N)c1ccc(Cl)c(Cl)c1.Cl. The van der Waals surface area contributed by atoms with E-state index in [2.05, 4.69) is 5.32 Å². The van der Waals surface area contributed by atoms with Crippen molar-refractivity contribution in [1.29, 1.82) is 0 Å². The van der Waals surface area contributed by atoms with Crippen LogP contribution in [0, 0.1) is 5.92 Å². The second kappa shape index (κ2) is 7.87. The van der Waals surface area contributed by atoms with Gasteiger partial charge in [0.05, 0.1) is 15.6 Å². The van der Waals surface area contributed by atoms with E-state index in [1.807, 2.05) is 19.9 Å². The van der Waals surface area contributed by atoms with Crippen LogP contribution in [-0.4, -0.2) is 11.9 Å². The number of benzene rings is 1. The summed E-state index contributed by atoms with van der Waals surface area (Å²) in [6.45, 7) is 3.91. The molecule has 1 saturated carbocycles. The van der Waals surface area contributed by atoms with Gasteiger partial charge in [0.1, 0.15) is 0 Å². The van der Waals surface area contributed by atoms with Crippen molar-refractivity contribution in [2.75, 3.05) is 0 Å². The van der Waals surface area contributed by atoms with Crippen molar-refractivity contribution >= 4 is 41.5 Å². The molecule has 0 radical (unpaired) electrons. The van der Waals surface area contributed by atoms with E-state index in [9.17, 15) is 4.79 Å². The van der Waals surface area contributed by atoms with Gasteiger partial charge in [-0.1, -0.05) is 35.7 Å². The minimum Gasteiger partial charge on any atom is -0.347 e. The number of amides is 1. The number of hydrogen-bond acceptors (Lipinski definition) is 2. The standard InChI is InChI=1S/C16H22Cl2N2O.ClH/c1-16(2,11-6-7-12(17)13(18)9-11)20-15(21)8-10-4-3-5-14(10)19;/h6-7,9-10,14H,3-5,8,19H2,1-2H3,(H,20,21);1H/t10-,14+;/m0./s1. The number of carbonyl (C=O) groups is 1. The fraction of sp³-hybridized carbons (Fsp3) is 0.562. The van der Waals surface area contributed by atoms with Gasteiger partial charge in [-0.05, 0) is 50.3 Å². The first-order valence-electron chi connectivity index (χ1n) is 7.32. The van der Waals surface area contributed by atoms with Gasteiger partial charge in [-0.25, -0.2) is 0 Å². The lowest BCUT2D eigenvalue weighted by molar-refractivity contribution is -0.123. The number of carbonyl (C=O) groups excluding carboxylic acids is 1. The van der Waals surface area contributed by atoms with E-state index in [-0.39, 0.29) is 24.4 Å². The second-order valence-electron chi connectivity index (χ2n) is 6.36. The summed E-state index contributed by atoms with van der Waals surface area (Å²) in [6, 6.07) is 5.59. The van der Waals surface area contributed by atoms with Crippen molar-refractivity contribution in [3.63, 3.8) is 0 Å². The molecular weight excluding hydrogens is 343 g/mol. The molecule has 124 valence electrons. The van der Waals surface area contributed by atoms with Crippen molar-refractivity contribution in [3.8, 4) is 0 Å². The van der Waals surface area contributed by atoms with Gasteiger partial charge in [0, 0.05) is 12.5 Å². The fourth-order valence-corrected chi connectivity index (χ4v) is 3.21. The monoisotopic (exact) mass is 364 g/mol. The highest BCUT2D eigenvalue weighted by molar-refractivity contribution is 6.42. The third kappa shape index (κ3) is 4.76. The van der Waals surface area contributed by atoms with Gasteiger partial charge >= 0.3 is 0 Å². The summed E-state index contributed by atoms with van der Waals surface area (Å²) in [6.07, 6.45) is 3.68. The third-order valence-electron chi connectivity index (χ3n) is 4.26. The predicted molar refractivity (Wildman–Crippen MR) is 94.8 cm³/mol. The van der Waals surface area contributed by atoms with Crippen LogP contribution in [0.1, 0.15) is 45.1 Å². The van der Waals surface area contributed by atoms with Crippen LogP contribution in [0.25, 0.3) is 0 Å². The topological polar surface area (TPSA) is 55.1 Å². The first-order chi connectivity index (χ1) is 9.79. The summed E-state index contributed by atoms with van der Waals surface area (Å²) in [5, 5.41) is 4.08. The smallest absolute Gasteiger partial charge is 0.221 e. The Morgan fingerprint density at radius 1 is 1.32 bits per heavy atom. The molecule has 1 amide bonds. The van der Waals surface area contributed by atoms with Gasteiger partial charge < -0.3 is 11.1 Å². The van der Waals surface area contributed by atoms with Gasteiger partial charge in [-0.15, -0.1) is 12.4 Å². The van der Waals surface area contributed by atoms with E-state index in [0.29, 0.717) is 22.4 Å². The van der Waals surface area contributed by atoms with Gasteiger partial charge in [0.25, 0.3) is 0 Å². The summed E-state index contributed by atoms with van der Waals surface area (Å²) < 4.78 is 0. The van der Waals surface area contributed by atoms with E-state index >= 15 is 0 Å². The summed E-state index contributed by atoms with van der Waals surface area (Å²) in [7, 11) is 0. The van der Waals surface area contributed by atoms with Crippen molar-refractivity contribution in [2.24, 2.45) is 11.7 Å². The van der Waals surface area contributed by atoms with Crippen molar-refractivity contribution < 1.29 is 4.79 Å². The first kappa shape index (κ1) is 19.6. The average Bonchev–Trinajstić information content (AvgIpc) is 2.77. The zero-order valence-corrected chi connectivity index (χ0v) is 15.2. The van der Waals surface area contributed by atoms with Crippen molar-refractivity contribution in [2.45, 2.75) is 51.1 Å². The number of nitrogens with one attached hydrogen (secondary N) is 1. The summed E-state index contributed by atoms with van der Waals surface area (Å²) in [4.78, 5) is 12.3. The molecule has 22 heavy (non-hydrogen) atoms. The molecule has 0 bridgehead atoms. The van der Waals surface area contributed by atoms with E-state index in [1.54, 1.807) is 12.1 Å². The Hall–Kier alpha value is -0.480. The van der Waals surface area contributed by atoms with Crippen LogP contribution < -0.4 is 11.1 Å². The van der Waals surface area contributed by atoms with E-state index in [1.165, 1.54) is 0 Å². The zero-order chi connectivity index (χ0) is 15.6. The van der Waals surface area contributed by atoms with Crippen LogP contribution in [0.3, 0.4) is 0 Å². The van der Waals surface area contributed by atoms with Crippen LogP contribution in [0.2, 0.25) is 10.0 Å². The van der Waals surface area contributed by atoms with Crippen LogP contribution >= 0.6 is 35.6 Å². The number of halogens is 3. The van der Waals surface area contributed by atoms with Crippen molar-refractivity contribution in [3.05, 3.63) is 33.8 Å². The molecule has 0 heterocycles. The molecule has 3 N–H and O–H groups in total. The zero-order valence-electron chi connectivity index (χ0n) is 12.9. The first-order valence-corrected chi connectivity index (χ1v) is 8.07. The Morgan fingerprint density at radius 3 is 2.55 bits per heavy atom. The van der Waals surface area contributed by atoms with Crippen LogP contribution in [0.15, 0.2) is 18.2 Å². The maximum atomic E-state index is 12.3. The Kier molecular flexibility index (Phi) is 7.00. The Morgan fingerprint density at radius 2 is 2.00 bits per heavy atom. The molecule has 2 rings (SSSR count). The molecule has 6 heteroatoms. The molecular formula is C16H23Cl3N2O. The fourth-order valence-electron chi connectivity index (χ4n) is 2.91. The molecule has 0 unspecified atom stereocenters. The van der Waals surface area contributed by atoms with Crippen LogP contribution in [0.4, 0.5) is 0 Å². The lowest BCUT2D eigenvalue weighted by atomic mass is 9.93. The highest BCUT2D eigenvalue weighted by Crippen LogP contribution is 2.30. The molecule has 1 aliphatic carbocycles. The van der Waals surface area contributed by atoms with E-state index in [4.69, 9.17) is 28.9 Å². The molecule has 0 spiro atoms. The largest absolute Gasteiger partial charge is 0.347 e. The Balaban J connectivity index is 0.00000242. The molecule has 0 aromatic heterocycles. The highest BCUT2D eigenvalue weighted by Gasteiger charge is 2.29. The highest BCUT2D eigenvalue weighted by atomic mass is 35.5. The lowest BCUT2D eigenvalue weighted by Crippen LogP contribution is -2.42. The van der Waals surface area contributed by atoms with E-state index in [0.717, 1.165) is 24.8 Å². The van der Waals surface area contributed by atoms with Crippen LogP contribution in [0.5, 0.6) is 0 Å². The molecule has 0 aliphatic heterocycles. The molecule has 1 aromatic rings. The summed E-state index contributed by atoms with van der Waals surface area (Å²) in [5.41, 5.74) is 6.47. The molecule has 0 saturated heterocycles. The lowest BCUT2D eigenvalue weighted by Gasteiger charge is -2.28. The summed E-state index contributed by atoms with van der Waals surface area (Å²) >= 11 is 12.0. The van der Waals surface area contributed by atoms with E-state index < -0.39 is 5.54 Å². The normalized spacial score (nSPS) is 21.3. The minimum absolute atomic E-state index is 0. The van der Waals surface area contributed by atoms with Gasteiger partial charge in [-0.3, -0.25) is 4.79 Å². The number of nitrogens with two attached hydrogens (primary N) is 1. The summed E-state index contributed by atoms with van der Waals surface area (Å²) in [5.74, 6) is 0.336. The van der Waals surface area contributed by atoms with Gasteiger partial charge in [0.15, 0.2) is 0 Å². The second-order valence-corrected chi connectivity index (χ2v) is 7.18. The molecule has 1 fully saturated rings. The third-order valence-corrected chi connectivity index (χ3v) is 5.00. The van der Waals surface area contributed by atoms with Crippen molar-refractivity contribution in [1.82, 2.24) is 5.32 Å². The number of hydrogen-bond donors (Lipinski definition) is 2. The number of rotatable bonds is 4. The van der Waals surface area contributed by atoms with Crippen LogP contribution in [-0.2, 0) is 10.3 Å². The maximum absolute atomic E-state index is 12.3. The Labute approximate surface area is 148 Å². The van der Waals surface area contributed by atoms with Gasteiger partial charge in [-0.2, -0.15) is 0 Å². The Bertz CT molecular complexity index is 534. The molecule has 2 atom stereocenters. The molecule has 1 aliphatic rings. The van der Waals surface area contributed by atoms with Gasteiger partial charge in [0.2, 0.25) is 5.91 Å². The average molecular weight is 366 g/mol. The molecule has 1 aromatic carbocycles. The quantitative estimate of drug-likeness (QED) is 0.836.